The SMILES string of the molecule is C.CC1(C)OB(c2ccc3c(c2)-c2cc4c5ccccc5c5ccccc5c4cc2C32c3ccccc3-c3ccccc32)OC1(C)C.CC1(C)c2ccccc2N(c2ccccc2)c2ccc(-c3ccc4c(c3)-c3cc5c6ccccc6c6ccccc6c5cc3C43c4ccccc4-c4ccccc43)cc21.CC1(C)c2ccccc2N(c2ccccc2)c2ccc(Cl)cc21. The fourth-order valence-electron chi connectivity index (χ4n) is 23.7. The fourth-order valence-corrected chi connectivity index (χ4v) is 23.8. The predicted molar refractivity (Wildman–Crippen MR) is 543 cm³/mol. The average Bonchev–Trinajstić information content (AvgIpc) is 1.50. The zero-order valence-electron chi connectivity index (χ0n) is 72.8. The number of nitrogens with zero attached hydrogens (tertiary/aromatic N) is 2. The van der Waals surface area contributed by atoms with Gasteiger partial charge in [-0.15, -0.1) is 0 Å². The highest BCUT2D eigenvalue weighted by molar-refractivity contribution is 6.62. The summed E-state index contributed by atoms with van der Waals surface area (Å²) in [5.74, 6) is 0. The van der Waals surface area contributed by atoms with Crippen LogP contribution in [0.1, 0.15) is 130 Å². The highest BCUT2D eigenvalue weighted by atomic mass is 35.5. The molecular formula is C123H94BClN2O2. The first kappa shape index (κ1) is 78.3. The molecule has 0 radical (unpaired) electrons. The molecule has 6 heteroatoms. The number of anilines is 6. The molecule has 3 aliphatic heterocycles. The van der Waals surface area contributed by atoms with Crippen molar-refractivity contribution in [2.24, 2.45) is 0 Å². The lowest BCUT2D eigenvalue weighted by atomic mass is 9.69. The van der Waals surface area contributed by atoms with Gasteiger partial charge in [0.2, 0.25) is 0 Å². The van der Waals surface area contributed by atoms with E-state index in [-0.39, 0.29) is 18.3 Å². The second-order valence-corrected chi connectivity index (χ2v) is 38.4. The van der Waals surface area contributed by atoms with Crippen molar-refractivity contribution < 1.29 is 9.31 Å². The van der Waals surface area contributed by atoms with Crippen molar-refractivity contribution in [2.75, 3.05) is 9.80 Å². The van der Waals surface area contributed by atoms with E-state index in [0.717, 1.165) is 10.5 Å². The van der Waals surface area contributed by atoms with Crippen LogP contribution in [-0.2, 0) is 31.0 Å². The highest BCUT2D eigenvalue weighted by Crippen LogP contribution is 2.67. The molecule has 0 amide bonds. The maximum Gasteiger partial charge on any atom is 0.494 e. The first-order valence-corrected chi connectivity index (χ1v) is 45.4. The molecule has 4 aliphatic carbocycles. The zero-order chi connectivity index (χ0) is 86.1. The summed E-state index contributed by atoms with van der Waals surface area (Å²) in [5.41, 5.74) is 35.4. The topological polar surface area (TPSA) is 24.9 Å². The van der Waals surface area contributed by atoms with Crippen molar-refractivity contribution in [2.45, 2.75) is 95.7 Å². The highest BCUT2D eigenvalue weighted by Gasteiger charge is 2.56. The summed E-state index contributed by atoms with van der Waals surface area (Å²) in [4.78, 5) is 4.77. The van der Waals surface area contributed by atoms with Crippen molar-refractivity contribution in [3.05, 3.63) is 472 Å². The molecular weight excluding hydrogens is 1580 g/mol. The molecule has 20 aromatic rings. The maximum absolute atomic E-state index is 6.58. The Morgan fingerprint density at radius 3 is 0.915 bits per heavy atom. The fraction of sp³-hybridized carbons (Fsp3) is 0.122. The molecule has 1 saturated heterocycles. The lowest BCUT2D eigenvalue weighted by molar-refractivity contribution is 0.00578. The second-order valence-electron chi connectivity index (χ2n) is 37.9. The summed E-state index contributed by atoms with van der Waals surface area (Å²) in [6.07, 6.45) is 0. The number of halogens is 1. The Hall–Kier alpha value is -14.2. The molecule has 1 fully saturated rings. The molecule has 129 heavy (non-hydrogen) atoms. The van der Waals surface area contributed by atoms with E-state index < -0.39 is 29.2 Å². The molecule has 2 spiro atoms. The molecule has 618 valence electrons. The lowest BCUT2D eigenvalue weighted by Crippen LogP contribution is -2.41. The predicted octanol–water partition coefficient (Wildman–Crippen LogP) is 32.1. The molecule has 0 aromatic heterocycles. The number of hydrogen-bond acceptors (Lipinski definition) is 4. The first-order chi connectivity index (χ1) is 62.4. The minimum absolute atomic E-state index is 0. The van der Waals surface area contributed by atoms with Crippen LogP contribution in [0, 0.1) is 0 Å². The van der Waals surface area contributed by atoms with Gasteiger partial charge in [-0.2, -0.15) is 0 Å². The van der Waals surface area contributed by atoms with Crippen molar-refractivity contribution in [1.29, 1.82) is 0 Å². The van der Waals surface area contributed by atoms with E-state index in [1.165, 1.54) is 221 Å². The standard InChI is InChI=1S/C58H39N.C43H33BO2.C21H18ClN.CH4/c1-57(2)52-26-14-15-27-55(52)59(38-16-4-3-5-17-38)56-31-29-37(33-54(56)57)36-28-30-51-47(32-36)48-34-45-41-20-8-6-18-39(41)40-19-7-9-21-42(40)46(45)35-53(48)58(51)49-24-12-10-22-43(49)44-23-11-13-25-50(44)58;1-41(2)42(3,4)46-44(45-41)26-21-22-39-35(23-26)36-24-33-29-15-7-5-13-27(29)28-14-6-8-16-30(28)34(33)25-40(36)43(39)37-19-11-9-17-31(37)32-18-10-12-20-38(32)43;1-21(2)17-10-6-7-11-19(17)23(16-8-4-3-5-9-16)20-13-12-15(22)14-18(20)21;/h3-35H,1-2H3;5-25H,1-4H3;3-14H,1-2H3;1H4. The lowest BCUT2D eigenvalue weighted by Gasteiger charge is -2.42. The van der Waals surface area contributed by atoms with Crippen LogP contribution in [0.3, 0.4) is 0 Å². The summed E-state index contributed by atoms with van der Waals surface area (Å²) in [7, 11) is -0.427. The molecule has 3 heterocycles. The molecule has 4 nitrogen and oxygen atoms in total. The third-order valence-electron chi connectivity index (χ3n) is 30.2. The third kappa shape index (κ3) is 11.1. The van der Waals surface area contributed by atoms with Gasteiger partial charge >= 0.3 is 7.12 Å². The minimum atomic E-state index is -0.435. The van der Waals surface area contributed by atoms with E-state index in [2.05, 4.69) is 453 Å². The van der Waals surface area contributed by atoms with E-state index in [0.29, 0.717) is 0 Å². The molecule has 0 bridgehead atoms. The van der Waals surface area contributed by atoms with Crippen LogP contribution in [0.25, 0.3) is 120 Å². The molecule has 0 unspecified atom stereocenters. The number of rotatable bonds is 4. The van der Waals surface area contributed by atoms with Gasteiger partial charge in [0, 0.05) is 27.2 Å². The quantitative estimate of drug-likeness (QED) is 0.130. The van der Waals surface area contributed by atoms with Crippen LogP contribution < -0.4 is 15.3 Å². The van der Waals surface area contributed by atoms with Gasteiger partial charge < -0.3 is 19.1 Å². The molecule has 0 saturated carbocycles. The van der Waals surface area contributed by atoms with Crippen LogP contribution in [0.5, 0.6) is 0 Å². The van der Waals surface area contributed by atoms with Gasteiger partial charge in [0.05, 0.1) is 44.8 Å². The van der Waals surface area contributed by atoms with E-state index >= 15 is 0 Å². The summed E-state index contributed by atoms with van der Waals surface area (Å²) in [5, 5.41) is 16.4. The molecule has 27 rings (SSSR count). The Balaban J connectivity index is 0.000000117. The Kier molecular flexibility index (Phi) is 17.4. The monoisotopic (exact) mass is 1680 g/mol. The Morgan fingerprint density at radius 1 is 0.217 bits per heavy atom. The Morgan fingerprint density at radius 2 is 0.504 bits per heavy atom. The van der Waals surface area contributed by atoms with Gasteiger partial charge in [0.1, 0.15) is 0 Å². The molecule has 0 atom stereocenters. The number of benzene rings is 20. The molecule has 0 N–H and O–H groups in total. The van der Waals surface area contributed by atoms with Gasteiger partial charge in [-0.25, -0.2) is 0 Å². The summed E-state index contributed by atoms with van der Waals surface area (Å²) < 4.78 is 13.2. The van der Waals surface area contributed by atoms with Crippen LogP contribution >= 0.6 is 11.6 Å². The molecule has 7 aliphatic rings. The van der Waals surface area contributed by atoms with Crippen molar-refractivity contribution >= 4 is 123 Å². The van der Waals surface area contributed by atoms with E-state index in [1.807, 2.05) is 12.1 Å². The number of fused-ring (bicyclic) bond motifs is 36. The molecule has 20 aromatic carbocycles. The summed E-state index contributed by atoms with van der Waals surface area (Å²) >= 11 is 6.31. The van der Waals surface area contributed by atoms with Gasteiger partial charge in [-0.1, -0.05) is 350 Å². The van der Waals surface area contributed by atoms with Gasteiger partial charge in [0.15, 0.2) is 0 Å². The smallest absolute Gasteiger partial charge is 0.399 e. The van der Waals surface area contributed by atoms with Crippen molar-refractivity contribution in [1.82, 2.24) is 0 Å². The third-order valence-corrected chi connectivity index (χ3v) is 30.5. The van der Waals surface area contributed by atoms with Gasteiger partial charge in [-0.3, -0.25) is 0 Å². The van der Waals surface area contributed by atoms with Crippen LogP contribution in [-0.4, -0.2) is 18.3 Å². The average molecular weight is 1680 g/mol. The first-order valence-electron chi connectivity index (χ1n) is 45.1. The van der Waals surface area contributed by atoms with Crippen LogP contribution in [0.15, 0.2) is 400 Å². The second kappa shape index (κ2) is 28.7. The van der Waals surface area contributed by atoms with E-state index in [4.69, 9.17) is 20.9 Å². The van der Waals surface area contributed by atoms with Gasteiger partial charge in [0.25, 0.3) is 0 Å². The van der Waals surface area contributed by atoms with Crippen LogP contribution in [0.4, 0.5) is 34.1 Å². The Bertz CT molecular complexity index is 8030. The van der Waals surface area contributed by atoms with Crippen molar-refractivity contribution in [3.63, 3.8) is 0 Å². The van der Waals surface area contributed by atoms with Crippen LogP contribution in [0.2, 0.25) is 5.02 Å². The van der Waals surface area contributed by atoms with Crippen molar-refractivity contribution in [3.8, 4) is 55.6 Å². The largest absolute Gasteiger partial charge is 0.494 e. The normalized spacial score (nSPS) is 15.8. The number of para-hydroxylation sites is 4. The minimum Gasteiger partial charge on any atom is -0.399 e. The summed E-state index contributed by atoms with van der Waals surface area (Å²) in [6.45, 7) is 17.8. The zero-order valence-corrected chi connectivity index (χ0v) is 73.5. The Labute approximate surface area is 760 Å². The maximum atomic E-state index is 6.58. The van der Waals surface area contributed by atoms with Gasteiger partial charge in [-0.05, 0) is 317 Å². The summed E-state index contributed by atoms with van der Waals surface area (Å²) in [6, 6.07) is 149. The van der Waals surface area contributed by atoms with E-state index in [1.54, 1.807) is 0 Å². The number of hydrogen-bond donors (Lipinski definition) is 0. The van der Waals surface area contributed by atoms with E-state index in [9.17, 15) is 0 Å².